The fourth-order valence-corrected chi connectivity index (χ4v) is 2.22. The van der Waals surface area contributed by atoms with E-state index >= 15 is 0 Å². The summed E-state index contributed by atoms with van der Waals surface area (Å²) in [7, 11) is 1.57. The van der Waals surface area contributed by atoms with Crippen LogP contribution in [-0.2, 0) is 9.59 Å². The Hall–Kier alpha value is -2.24. The molecule has 1 fully saturated rings. The number of carboxylic acid groups (broad SMARTS) is 1. The highest BCUT2D eigenvalue weighted by Crippen LogP contribution is 2.28. The van der Waals surface area contributed by atoms with Crippen molar-refractivity contribution >= 4 is 17.6 Å². The molecule has 1 amide bonds. The van der Waals surface area contributed by atoms with Crippen LogP contribution >= 0.6 is 0 Å². The quantitative estimate of drug-likeness (QED) is 0.826. The van der Waals surface area contributed by atoms with Crippen LogP contribution in [-0.4, -0.2) is 43.2 Å². The van der Waals surface area contributed by atoms with Crippen molar-refractivity contribution in [3.8, 4) is 5.75 Å². The Morgan fingerprint density at radius 3 is 2.95 bits per heavy atom. The lowest BCUT2D eigenvalue weighted by Crippen LogP contribution is -2.54. The molecule has 6 nitrogen and oxygen atoms in total. The molecule has 1 aliphatic heterocycles. The van der Waals surface area contributed by atoms with Gasteiger partial charge in [0.2, 0.25) is 5.91 Å². The molecule has 1 aromatic carbocycles. The fraction of sp³-hybridized carbons (Fsp3) is 0.385. The van der Waals surface area contributed by atoms with E-state index in [1.807, 2.05) is 29.2 Å². The van der Waals surface area contributed by atoms with Gasteiger partial charge in [0.25, 0.3) is 0 Å². The molecule has 0 aliphatic carbocycles. The normalized spacial score (nSPS) is 18.9. The first-order chi connectivity index (χ1) is 9.10. The number of methoxy groups -OCH3 is 1. The van der Waals surface area contributed by atoms with E-state index < -0.39 is 5.97 Å². The highest BCUT2D eigenvalue weighted by Gasteiger charge is 2.27. The molecule has 0 bridgehead atoms. The number of aliphatic carboxylic acids is 1. The average Bonchev–Trinajstić information content (AvgIpc) is 2.37. The highest BCUT2D eigenvalue weighted by molar-refractivity contribution is 5.84. The zero-order chi connectivity index (χ0) is 13.8. The van der Waals surface area contributed by atoms with E-state index in [9.17, 15) is 9.59 Å². The number of hydrogen-bond acceptors (Lipinski definition) is 4. The highest BCUT2D eigenvalue weighted by atomic mass is 16.5. The zero-order valence-electron chi connectivity index (χ0n) is 10.6. The summed E-state index contributed by atoms with van der Waals surface area (Å²) in [6.45, 7) is 0.662. The maximum atomic E-state index is 11.7. The van der Waals surface area contributed by atoms with Crippen molar-refractivity contribution in [1.29, 1.82) is 0 Å². The van der Waals surface area contributed by atoms with Gasteiger partial charge in [-0.05, 0) is 12.1 Å². The van der Waals surface area contributed by atoms with Crippen molar-refractivity contribution in [2.75, 3.05) is 25.1 Å². The van der Waals surface area contributed by atoms with Crippen molar-refractivity contribution in [3.63, 3.8) is 0 Å². The molecule has 1 heterocycles. The summed E-state index contributed by atoms with van der Waals surface area (Å²) in [6, 6.07) is 6.99. The van der Waals surface area contributed by atoms with Crippen molar-refractivity contribution in [1.82, 2.24) is 5.32 Å². The maximum Gasteiger partial charge on any atom is 0.305 e. The van der Waals surface area contributed by atoms with E-state index in [1.165, 1.54) is 0 Å². The van der Waals surface area contributed by atoms with Crippen LogP contribution in [0.2, 0.25) is 0 Å². The summed E-state index contributed by atoms with van der Waals surface area (Å²) >= 11 is 0. The lowest BCUT2D eigenvalue weighted by atomic mass is 10.1. The van der Waals surface area contributed by atoms with Gasteiger partial charge in [0.1, 0.15) is 5.75 Å². The summed E-state index contributed by atoms with van der Waals surface area (Å²) in [4.78, 5) is 24.2. The van der Waals surface area contributed by atoms with Gasteiger partial charge in [-0.15, -0.1) is 0 Å². The topological polar surface area (TPSA) is 78.9 Å². The third-order valence-electron chi connectivity index (χ3n) is 2.99. The van der Waals surface area contributed by atoms with Gasteiger partial charge in [-0.1, -0.05) is 12.1 Å². The number of anilines is 1. The van der Waals surface area contributed by atoms with Gasteiger partial charge in [0.05, 0.1) is 31.8 Å². The molecular weight excluding hydrogens is 248 g/mol. The summed E-state index contributed by atoms with van der Waals surface area (Å²) in [5.41, 5.74) is 0.801. The molecule has 102 valence electrons. The van der Waals surface area contributed by atoms with Crippen LogP contribution < -0.4 is 15.0 Å². The third kappa shape index (κ3) is 3.15. The van der Waals surface area contributed by atoms with E-state index in [0.29, 0.717) is 12.3 Å². The predicted molar refractivity (Wildman–Crippen MR) is 69.4 cm³/mol. The van der Waals surface area contributed by atoms with Gasteiger partial charge >= 0.3 is 5.97 Å². The van der Waals surface area contributed by atoms with Crippen molar-refractivity contribution in [2.24, 2.45) is 0 Å². The van der Waals surface area contributed by atoms with E-state index in [-0.39, 0.29) is 24.9 Å². The number of rotatable bonds is 4. The number of ether oxygens (including phenoxy) is 1. The van der Waals surface area contributed by atoms with E-state index in [0.717, 1.165) is 5.69 Å². The largest absolute Gasteiger partial charge is 0.495 e. The van der Waals surface area contributed by atoms with Crippen LogP contribution in [0.5, 0.6) is 5.75 Å². The summed E-state index contributed by atoms with van der Waals surface area (Å²) in [5, 5.41) is 11.5. The smallest absolute Gasteiger partial charge is 0.305 e. The molecule has 1 aromatic rings. The number of carbonyl (C=O) groups excluding carboxylic acids is 1. The Morgan fingerprint density at radius 1 is 1.53 bits per heavy atom. The molecule has 1 unspecified atom stereocenters. The van der Waals surface area contributed by atoms with Crippen LogP contribution in [0.15, 0.2) is 24.3 Å². The Bertz CT molecular complexity index is 487. The average molecular weight is 264 g/mol. The molecule has 0 spiro atoms. The van der Waals surface area contributed by atoms with Gasteiger partial charge in [-0.3, -0.25) is 9.59 Å². The first-order valence-corrected chi connectivity index (χ1v) is 5.99. The monoisotopic (exact) mass is 264 g/mol. The SMILES string of the molecule is COc1ccccc1N1CC(=O)NC(CC(=O)O)C1. The lowest BCUT2D eigenvalue weighted by Gasteiger charge is -2.34. The molecule has 0 saturated carbocycles. The second-order valence-electron chi connectivity index (χ2n) is 4.41. The number of hydrogen-bond donors (Lipinski definition) is 2. The van der Waals surface area contributed by atoms with Crippen LogP contribution in [0.1, 0.15) is 6.42 Å². The number of carbonyl (C=O) groups is 2. The number of piperazine rings is 1. The van der Waals surface area contributed by atoms with Crippen LogP contribution in [0.4, 0.5) is 5.69 Å². The van der Waals surface area contributed by atoms with Crippen LogP contribution in [0.3, 0.4) is 0 Å². The summed E-state index contributed by atoms with van der Waals surface area (Å²) in [6.07, 6.45) is -0.0859. The predicted octanol–water partition coefficient (Wildman–Crippen LogP) is 0.475. The van der Waals surface area contributed by atoms with Gasteiger partial charge in [0.15, 0.2) is 0 Å². The van der Waals surface area contributed by atoms with Crippen molar-refractivity contribution in [3.05, 3.63) is 24.3 Å². The lowest BCUT2D eigenvalue weighted by molar-refractivity contribution is -0.137. The van der Waals surface area contributed by atoms with E-state index in [1.54, 1.807) is 7.11 Å². The summed E-state index contributed by atoms with van der Waals surface area (Å²) < 4.78 is 5.26. The Balaban J connectivity index is 2.19. The van der Waals surface area contributed by atoms with Gasteiger partial charge in [-0.25, -0.2) is 0 Å². The molecule has 19 heavy (non-hydrogen) atoms. The maximum absolute atomic E-state index is 11.7. The number of amides is 1. The van der Waals surface area contributed by atoms with Crippen LogP contribution in [0, 0.1) is 0 Å². The second-order valence-corrected chi connectivity index (χ2v) is 4.41. The number of nitrogens with one attached hydrogen (secondary N) is 1. The first-order valence-electron chi connectivity index (χ1n) is 5.99. The Labute approximate surface area is 111 Å². The Morgan fingerprint density at radius 2 is 2.26 bits per heavy atom. The Kier molecular flexibility index (Phi) is 3.89. The number of benzene rings is 1. The molecule has 1 atom stereocenters. The minimum absolute atomic E-state index is 0.0859. The van der Waals surface area contributed by atoms with E-state index in [4.69, 9.17) is 9.84 Å². The molecule has 2 rings (SSSR count). The zero-order valence-corrected chi connectivity index (χ0v) is 10.6. The summed E-state index contributed by atoms with van der Waals surface area (Å²) in [5.74, 6) is -0.429. The molecule has 0 radical (unpaired) electrons. The molecule has 2 N–H and O–H groups in total. The molecule has 0 aromatic heterocycles. The molecule has 6 heteroatoms. The fourth-order valence-electron chi connectivity index (χ4n) is 2.22. The molecule has 1 aliphatic rings. The minimum atomic E-state index is -0.924. The van der Waals surface area contributed by atoms with Crippen LogP contribution in [0.25, 0.3) is 0 Å². The number of nitrogens with zero attached hydrogens (tertiary/aromatic N) is 1. The van der Waals surface area contributed by atoms with Gasteiger partial charge < -0.3 is 20.1 Å². The standard InChI is InChI=1S/C13H16N2O4/c1-19-11-5-3-2-4-10(11)15-7-9(6-13(17)18)14-12(16)8-15/h2-5,9H,6-8H2,1H3,(H,14,16)(H,17,18). The molecule has 1 saturated heterocycles. The second kappa shape index (κ2) is 5.60. The van der Waals surface area contributed by atoms with E-state index in [2.05, 4.69) is 5.32 Å². The number of carboxylic acids is 1. The van der Waals surface area contributed by atoms with Crippen molar-refractivity contribution < 1.29 is 19.4 Å². The molecular formula is C13H16N2O4. The number of para-hydroxylation sites is 2. The van der Waals surface area contributed by atoms with Gasteiger partial charge in [0, 0.05) is 6.54 Å². The minimum Gasteiger partial charge on any atom is -0.495 e. The third-order valence-corrected chi connectivity index (χ3v) is 2.99. The van der Waals surface area contributed by atoms with Gasteiger partial charge in [-0.2, -0.15) is 0 Å². The first kappa shape index (κ1) is 13.2. The van der Waals surface area contributed by atoms with Crippen molar-refractivity contribution in [2.45, 2.75) is 12.5 Å².